The number of aryl methyl sites for hydroxylation is 2. The van der Waals surface area contributed by atoms with E-state index in [-0.39, 0.29) is 23.4 Å². The van der Waals surface area contributed by atoms with Gasteiger partial charge in [-0.1, -0.05) is 45.0 Å². The number of amides is 2. The van der Waals surface area contributed by atoms with Gasteiger partial charge in [0.1, 0.15) is 5.82 Å². The van der Waals surface area contributed by atoms with Crippen molar-refractivity contribution in [1.82, 2.24) is 10.6 Å². The Bertz CT molecular complexity index is 846. The van der Waals surface area contributed by atoms with Crippen LogP contribution in [0.15, 0.2) is 36.4 Å². The summed E-state index contributed by atoms with van der Waals surface area (Å²) in [5, 5.41) is 5.25. The molecule has 0 fully saturated rings. The molecule has 0 atom stereocenters. The van der Waals surface area contributed by atoms with E-state index in [4.69, 9.17) is 0 Å². The molecule has 0 aliphatic rings. The van der Waals surface area contributed by atoms with Gasteiger partial charge in [-0.3, -0.25) is 9.59 Å². The van der Waals surface area contributed by atoms with Gasteiger partial charge in [-0.05, 0) is 60.1 Å². The second-order valence-corrected chi connectivity index (χ2v) is 8.10. The van der Waals surface area contributed by atoms with Gasteiger partial charge in [-0.15, -0.1) is 0 Å². The molecule has 0 saturated carbocycles. The van der Waals surface area contributed by atoms with Crippen molar-refractivity contribution in [3.05, 3.63) is 70.0 Å². The van der Waals surface area contributed by atoms with E-state index in [9.17, 15) is 14.0 Å². The third-order valence-corrected chi connectivity index (χ3v) is 4.79. The van der Waals surface area contributed by atoms with Crippen molar-refractivity contribution in [2.24, 2.45) is 0 Å². The maximum absolute atomic E-state index is 13.6. The molecule has 2 N–H and O–H groups in total. The summed E-state index contributed by atoms with van der Waals surface area (Å²) in [6.07, 6.45) is 0.717. The predicted molar refractivity (Wildman–Crippen MR) is 110 cm³/mol. The van der Waals surface area contributed by atoms with Gasteiger partial charge in [0.25, 0.3) is 5.91 Å². The van der Waals surface area contributed by atoms with Gasteiger partial charge >= 0.3 is 0 Å². The Labute approximate surface area is 166 Å². The molecule has 0 heterocycles. The quantitative estimate of drug-likeness (QED) is 0.795. The molecule has 2 aromatic carbocycles. The van der Waals surface area contributed by atoms with Crippen molar-refractivity contribution >= 4 is 11.8 Å². The fourth-order valence-corrected chi connectivity index (χ4v) is 3.11. The molecule has 5 heteroatoms. The first-order valence-corrected chi connectivity index (χ1v) is 9.49. The predicted octanol–water partition coefficient (Wildman–Crippen LogP) is 3.83. The molecule has 2 aromatic rings. The molecular formula is C23H29FN2O2. The molecule has 0 radical (unpaired) electrons. The third-order valence-electron chi connectivity index (χ3n) is 4.79. The van der Waals surface area contributed by atoms with Crippen molar-refractivity contribution in [2.45, 2.75) is 46.5 Å². The lowest BCUT2D eigenvalue weighted by atomic mass is 9.83. The fourth-order valence-electron chi connectivity index (χ4n) is 3.11. The van der Waals surface area contributed by atoms with Crippen LogP contribution in [-0.2, 0) is 16.6 Å². The average molecular weight is 384 g/mol. The van der Waals surface area contributed by atoms with Gasteiger partial charge in [0, 0.05) is 6.54 Å². The van der Waals surface area contributed by atoms with Crippen molar-refractivity contribution < 1.29 is 14.0 Å². The molecule has 4 nitrogen and oxygen atoms in total. The third kappa shape index (κ3) is 5.65. The lowest BCUT2D eigenvalue weighted by Crippen LogP contribution is -2.38. The first kappa shape index (κ1) is 21.6. The van der Waals surface area contributed by atoms with Gasteiger partial charge in [-0.25, -0.2) is 4.39 Å². The van der Waals surface area contributed by atoms with E-state index >= 15 is 0 Å². The summed E-state index contributed by atoms with van der Waals surface area (Å²) in [4.78, 5) is 23.9. The van der Waals surface area contributed by atoms with Crippen molar-refractivity contribution in [3.63, 3.8) is 0 Å². The Balaban J connectivity index is 1.86. The van der Waals surface area contributed by atoms with Crippen LogP contribution in [0, 0.1) is 19.7 Å². The van der Waals surface area contributed by atoms with Crippen LogP contribution in [0.1, 0.15) is 53.4 Å². The van der Waals surface area contributed by atoms with E-state index in [0.29, 0.717) is 6.54 Å². The topological polar surface area (TPSA) is 58.2 Å². The van der Waals surface area contributed by atoms with Crippen LogP contribution in [0.3, 0.4) is 0 Å². The lowest BCUT2D eigenvalue weighted by molar-refractivity contribution is -0.120. The van der Waals surface area contributed by atoms with Crippen LogP contribution >= 0.6 is 0 Å². The Hall–Kier alpha value is -2.69. The summed E-state index contributed by atoms with van der Waals surface area (Å²) in [7, 11) is 0. The SMILES string of the molecule is Cc1cc(C(C)(C)C)cc(C)c1CCNC(=O)CNC(=O)c1ccccc1F. The average Bonchev–Trinajstić information content (AvgIpc) is 2.61. The Kier molecular flexibility index (Phi) is 6.95. The van der Waals surface area contributed by atoms with E-state index < -0.39 is 11.7 Å². The van der Waals surface area contributed by atoms with E-state index in [1.807, 2.05) is 0 Å². The lowest BCUT2D eigenvalue weighted by Gasteiger charge is -2.22. The van der Waals surface area contributed by atoms with Crippen LogP contribution < -0.4 is 10.6 Å². The Morgan fingerprint density at radius 1 is 1.00 bits per heavy atom. The summed E-state index contributed by atoms with van der Waals surface area (Å²) >= 11 is 0. The number of carbonyl (C=O) groups is 2. The van der Waals surface area contributed by atoms with Crippen molar-refractivity contribution in [1.29, 1.82) is 0 Å². The zero-order valence-corrected chi connectivity index (χ0v) is 17.3. The van der Waals surface area contributed by atoms with E-state index in [2.05, 4.69) is 57.4 Å². The van der Waals surface area contributed by atoms with Crippen LogP contribution in [0.2, 0.25) is 0 Å². The van der Waals surface area contributed by atoms with Gasteiger partial charge in [0.15, 0.2) is 0 Å². The maximum Gasteiger partial charge on any atom is 0.254 e. The van der Waals surface area contributed by atoms with Crippen LogP contribution in [0.25, 0.3) is 0 Å². The molecule has 2 amide bonds. The molecule has 0 unspecified atom stereocenters. The molecule has 28 heavy (non-hydrogen) atoms. The highest BCUT2D eigenvalue weighted by atomic mass is 19.1. The molecule has 0 aliphatic carbocycles. The zero-order chi connectivity index (χ0) is 20.9. The molecular weight excluding hydrogens is 355 g/mol. The molecule has 0 saturated heterocycles. The van der Waals surface area contributed by atoms with Crippen LogP contribution in [-0.4, -0.2) is 24.9 Å². The van der Waals surface area contributed by atoms with Crippen molar-refractivity contribution in [3.8, 4) is 0 Å². The fraction of sp³-hybridized carbons (Fsp3) is 0.391. The van der Waals surface area contributed by atoms with Gasteiger partial charge in [-0.2, -0.15) is 0 Å². The van der Waals surface area contributed by atoms with Crippen LogP contribution in [0.4, 0.5) is 4.39 Å². The highest BCUT2D eigenvalue weighted by molar-refractivity contribution is 5.96. The van der Waals surface area contributed by atoms with Crippen LogP contribution in [0.5, 0.6) is 0 Å². The number of halogens is 1. The summed E-state index contributed by atoms with van der Waals surface area (Å²) in [5.74, 6) is -1.51. The summed E-state index contributed by atoms with van der Waals surface area (Å²) < 4.78 is 13.6. The van der Waals surface area contributed by atoms with Crippen molar-refractivity contribution in [2.75, 3.05) is 13.1 Å². The Morgan fingerprint density at radius 3 is 2.18 bits per heavy atom. The first-order chi connectivity index (χ1) is 13.1. The number of hydrogen-bond acceptors (Lipinski definition) is 2. The summed E-state index contributed by atoms with van der Waals surface area (Å²) in [6.45, 7) is 11.0. The number of rotatable bonds is 6. The summed E-state index contributed by atoms with van der Waals surface area (Å²) in [6, 6.07) is 10.1. The smallest absolute Gasteiger partial charge is 0.254 e. The molecule has 0 spiro atoms. The minimum Gasteiger partial charge on any atom is -0.354 e. The molecule has 2 rings (SSSR count). The zero-order valence-electron chi connectivity index (χ0n) is 17.3. The molecule has 0 aromatic heterocycles. The normalized spacial score (nSPS) is 11.2. The van der Waals surface area contributed by atoms with Gasteiger partial charge < -0.3 is 10.6 Å². The second-order valence-electron chi connectivity index (χ2n) is 8.10. The van der Waals surface area contributed by atoms with E-state index in [1.165, 1.54) is 40.5 Å². The first-order valence-electron chi connectivity index (χ1n) is 9.49. The Morgan fingerprint density at radius 2 is 1.61 bits per heavy atom. The van der Waals surface area contributed by atoms with Gasteiger partial charge in [0.2, 0.25) is 5.91 Å². The molecule has 150 valence electrons. The standard InChI is InChI=1S/C23H29FN2O2/c1-15-12-17(23(3,4)5)13-16(2)18(15)10-11-25-21(27)14-26-22(28)19-8-6-7-9-20(19)24/h6-9,12-13H,10-11,14H2,1-5H3,(H,25,27)(H,26,28). The monoisotopic (exact) mass is 384 g/mol. The maximum atomic E-state index is 13.6. The highest BCUT2D eigenvalue weighted by Gasteiger charge is 2.16. The molecule has 0 bridgehead atoms. The number of carbonyl (C=O) groups excluding carboxylic acids is 2. The summed E-state index contributed by atoms with van der Waals surface area (Å²) in [5.41, 5.74) is 4.98. The number of hydrogen-bond donors (Lipinski definition) is 2. The molecule has 0 aliphatic heterocycles. The number of nitrogens with one attached hydrogen (secondary N) is 2. The van der Waals surface area contributed by atoms with E-state index in [1.54, 1.807) is 6.07 Å². The minimum atomic E-state index is -0.606. The largest absolute Gasteiger partial charge is 0.354 e. The van der Waals surface area contributed by atoms with E-state index in [0.717, 1.165) is 6.42 Å². The minimum absolute atomic E-state index is 0.0690. The number of benzene rings is 2. The highest BCUT2D eigenvalue weighted by Crippen LogP contribution is 2.27. The second kappa shape index (κ2) is 9.00. The van der Waals surface area contributed by atoms with Gasteiger partial charge in [0.05, 0.1) is 12.1 Å².